The van der Waals surface area contributed by atoms with Gasteiger partial charge in [0, 0.05) is 30.6 Å². The van der Waals surface area contributed by atoms with Crippen molar-refractivity contribution in [1.82, 2.24) is 14.7 Å². The van der Waals surface area contributed by atoms with E-state index in [0.717, 1.165) is 34.6 Å². The quantitative estimate of drug-likeness (QED) is 0.563. The zero-order valence-corrected chi connectivity index (χ0v) is 15.2. The number of rotatable bonds is 6. The molecule has 4 rings (SSSR count). The summed E-state index contributed by atoms with van der Waals surface area (Å²) < 4.78 is 7.25. The van der Waals surface area contributed by atoms with E-state index in [4.69, 9.17) is 4.52 Å². The molecule has 1 N–H and O–H groups in total. The van der Waals surface area contributed by atoms with Gasteiger partial charge in [0.15, 0.2) is 0 Å². The van der Waals surface area contributed by atoms with Crippen molar-refractivity contribution in [3.05, 3.63) is 101 Å². The van der Waals surface area contributed by atoms with Gasteiger partial charge in [0.1, 0.15) is 12.0 Å². The SMILES string of the molecule is Cc1nocc1Cc1c(Cc2ccccc2)ncn1Cc1cccc(O)c1. The molecule has 136 valence electrons. The van der Waals surface area contributed by atoms with Gasteiger partial charge in [-0.05, 0) is 30.2 Å². The first-order valence-corrected chi connectivity index (χ1v) is 8.93. The van der Waals surface area contributed by atoms with Gasteiger partial charge in [-0.3, -0.25) is 0 Å². The van der Waals surface area contributed by atoms with Gasteiger partial charge in [-0.1, -0.05) is 47.6 Å². The van der Waals surface area contributed by atoms with E-state index in [-0.39, 0.29) is 5.75 Å². The molecule has 0 atom stereocenters. The smallest absolute Gasteiger partial charge is 0.127 e. The highest BCUT2D eigenvalue weighted by molar-refractivity contribution is 5.32. The molecule has 0 saturated carbocycles. The second kappa shape index (κ2) is 7.50. The molecule has 0 fully saturated rings. The van der Waals surface area contributed by atoms with Crippen LogP contribution in [0.5, 0.6) is 5.75 Å². The van der Waals surface area contributed by atoms with E-state index in [1.807, 2.05) is 43.6 Å². The number of benzene rings is 2. The molecule has 5 heteroatoms. The fourth-order valence-electron chi connectivity index (χ4n) is 3.24. The first kappa shape index (κ1) is 17.1. The zero-order valence-electron chi connectivity index (χ0n) is 15.2. The third-order valence-corrected chi connectivity index (χ3v) is 4.72. The predicted molar refractivity (Wildman–Crippen MR) is 103 cm³/mol. The zero-order chi connectivity index (χ0) is 18.6. The second-order valence-electron chi connectivity index (χ2n) is 6.70. The molecule has 5 nitrogen and oxygen atoms in total. The summed E-state index contributed by atoms with van der Waals surface area (Å²) in [5.41, 5.74) is 6.38. The van der Waals surface area contributed by atoms with E-state index >= 15 is 0 Å². The molecule has 0 aliphatic rings. The third kappa shape index (κ3) is 3.92. The summed E-state index contributed by atoms with van der Waals surface area (Å²) in [6.45, 7) is 2.60. The van der Waals surface area contributed by atoms with Gasteiger partial charge in [0.05, 0.1) is 17.7 Å². The number of hydrogen-bond acceptors (Lipinski definition) is 4. The lowest BCUT2D eigenvalue weighted by Crippen LogP contribution is -2.07. The van der Waals surface area contributed by atoms with Gasteiger partial charge in [-0.25, -0.2) is 4.98 Å². The highest BCUT2D eigenvalue weighted by Gasteiger charge is 2.15. The largest absolute Gasteiger partial charge is 0.508 e. The molecular weight excluding hydrogens is 338 g/mol. The average molecular weight is 359 g/mol. The van der Waals surface area contributed by atoms with Crippen molar-refractivity contribution >= 4 is 0 Å². The predicted octanol–water partition coefficient (Wildman–Crippen LogP) is 4.12. The maximum Gasteiger partial charge on any atom is 0.127 e. The Balaban J connectivity index is 1.68. The van der Waals surface area contributed by atoms with Crippen LogP contribution in [0.25, 0.3) is 0 Å². The summed E-state index contributed by atoms with van der Waals surface area (Å²) >= 11 is 0. The van der Waals surface area contributed by atoms with Gasteiger partial charge < -0.3 is 14.2 Å². The Morgan fingerprint density at radius 1 is 1.00 bits per heavy atom. The lowest BCUT2D eigenvalue weighted by atomic mass is 10.0. The van der Waals surface area contributed by atoms with Crippen molar-refractivity contribution in [2.45, 2.75) is 26.3 Å². The van der Waals surface area contributed by atoms with E-state index < -0.39 is 0 Å². The van der Waals surface area contributed by atoms with E-state index in [2.05, 4.69) is 26.8 Å². The summed E-state index contributed by atoms with van der Waals surface area (Å²) in [6, 6.07) is 17.7. The lowest BCUT2D eigenvalue weighted by molar-refractivity contribution is 0.414. The van der Waals surface area contributed by atoms with Crippen molar-refractivity contribution in [1.29, 1.82) is 0 Å². The number of aromatic nitrogens is 3. The summed E-state index contributed by atoms with van der Waals surface area (Å²) in [5.74, 6) is 0.272. The van der Waals surface area contributed by atoms with E-state index in [0.29, 0.717) is 13.0 Å². The fourth-order valence-corrected chi connectivity index (χ4v) is 3.24. The van der Waals surface area contributed by atoms with Crippen LogP contribution in [-0.4, -0.2) is 19.8 Å². The molecule has 2 aromatic heterocycles. The Morgan fingerprint density at radius 3 is 2.56 bits per heavy atom. The maximum absolute atomic E-state index is 9.76. The van der Waals surface area contributed by atoms with Crippen molar-refractivity contribution in [2.75, 3.05) is 0 Å². The fraction of sp³-hybridized carbons (Fsp3) is 0.182. The standard InChI is InChI=1S/C22H21N3O2/c1-16-19(14-27-24-16)12-22-21(11-17-6-3-2-4-7-17)23-15-25(22)13-18-8-5-9-20(26)10-18/h2-10,14-15,26H,11-13H2,1H3. The van der Waals surface area contributed by atoms with Crippen LogP contribution in [0.2, 0.25) is 0 Å². The summed E-state index contributed by atoms with van der Waals surface area (Å²) in [6.07, 6.45) is 5.05. The van der Waals surface area contributed by atoms with E-state index in [1.165, 1.54) is 5.56 Å². The van der Waals surface area contributed by atoms with Gasteiger partial charge in [0.25, 0.3) is 0 Å². The Kier molecular flexibility index (Phi) is 4.75. The normalized spacial score (nSPS) is 11.0. The molecular formula is C22H21N3O2. The number of imidazole rings is 1. The molecule has 2 aromatic carbocycles. The Hall–Kier alpha value is -3.34. The molecule has 0 amide bonds. The monoisotopic (exact) mass is 359 g/mol. The lowest BCUT2D eigenvalue weighted by Gasteiger charge is -2.11. The molecule has 0 spiro atoms. The van der Waals surface area contributed by atoms with Crippen molar-refractivity contribution in [3.63, 3.8) is 0 Å². The van der Waals surface area contributed by atoms with Gasteiger partial charge >= 0.3 is 0 Å². The van der Waals surface area contributed by atoms with Gasteiger partial charge in [-0.2, -0.15) is 0 Å². The van der Waals surface area contributed by atoms with Gasteiger partial charge in [0.2, 0.25) is 0 Å². The summed E-state index contributed by atoms with van der Waals surface area (Å²) in [7, 11) is 0. The van der Waals surface area contributed by atoms with E-state index in [1.54, 1.807) is 18.4 Å². The number of hydrogen-bond donors (Lipinski definition) is 1. The summed E-state index contributed by atoms with van der Waals surface area (Å²) in [4.78, 5) is 4.69. The first-order valence-electron chi connectivity index (χ1n) is 8.93. The number of nitrogens with zero attached hydrogens (tertiary/aromatic N) is 3. The van der Waals surface area contributed by atoms with Crippen LogP contribution in [0, 0.1) is 6.92 Å². The van der Waals surface area contributed by atoms with Crippen LogP contribution < -0.4 is 0 Å². The minimum atomic E-state index is 0.272. The first-order chi connectivity index (χ1) is 13.2. The van der Waals surface area contributed by atoms with Crippen LogP contribution >= 0.6 is 0 Å². The average Bonchev–Trinajstić information content (AvgIpc) is 3.24. The van der Waals surface area contributed by atoms with Crippen molar-refractivity contribution < 1.29 is 9.63 Å². The topological polar surface area (TPSA) is 64.1 Å². The minimum Gasteiger partial charge on any atom is -0.508 e. The second-order valence-corrected chi connectivity index (χ2v) is 6.70. The van der Waals surface area contributed by atoms with Crippen molar-refractivity contribution in [2.24, 2.45) is 0 Å². The minimum absolute atomic E-state index is 0.272. The highest BCUT2D eigenvalue weighted by atomic mass is 16.5. The van der Waals surface area contributed by atoms with Crippen molar-refractivity contribution in [3.8, 4) is 5.75 Å². The van der Waals surface area contributed by atoms with Crippen LogP contribution in [-0.2, 0) is 19.4 Å². The molecule has 0 saturated heterocycles. The highest BCUT2D eigenvalue weighted by Crippen LogP contribution is 2.21. The van der Waals surface area contributed by atoms with Gasteiger partial charge in [-0.15, -0.1) is 0 Å². The molecule has 0 radical (unpaired) electrons. The molecule has 0 unspecified atom stereocenters. The summed E-state index contributed by atoms with van der Waals surface area (Å²) in [5, 5.41) is 13.8. The van der Waals surface area contributed by atoms with Crippen LogP contribution in [0.3, 0.4) is 0 Å². The molecule has 27 heavy (non-hydrogen) atoms. The van der Waals surface area contributed by atoms with E-state index in [9.17, 15) is 5.11 Å². The Labute approximate surface area is 157 Å². The molecule has 4 aromatic rings. The molecule has 0 bridgehead atoms. The Bertz CT molecular complexity index is 1030. The number of aryl methyl sites for hydroxylation is 1. The molecule has 0 aliphatic carbocycles. The maximum atomic E-state index is 9.76. The van der Waals surface area contributed by atoms with Crippen LogP contribution in [0.15, 0.2) is 71.7 Å². The molecule has 2 heterocycles. The number of phenolic OH excluding ortho intramolecular Hbond substituents is 1. The molecule has 0 aliphatic heterocycles. The van der Waals surface area contributed by atoms with Crippen LogP contribution in [0.4, 0.5) is 0 Å². The van der Waals surface area contributed by atoms with Crippen LogP contribution in [0.1, 0.15) is 33.8 Å². The Morgan fingerprint density at radius 2 is 1.81 bits per heavy atom. The number of phenols is 1. The third-order valence-electron chi connectivity index (χ3n) is 4.72. The number of aromatic hydroxyl groups is 1.